The van der Waals surface area contributed by atoms with E-state index in [1.54, 1.807) is 0 Å². The first-order chi connectivity index (χ1) is 18.5. The van der Waals surface area contributed by atoms with E-state index in [0.717, 1.165) is 54.8 Å². The van der Waals surface area contributed by atoms with Gasteiger partial charge in [-0.2, -0.15) is 0 Å². The molecule has 13 atom stereocenters. The lowest BCUT2D eigenvalue weighted by Gasteiger charge is -2.58. The Morgan fingerprint density at radius 3 is 2.44 bits per heavy atom. The van der Waals surface area contributed by atoms with E-state index < -0.39 is 37.3 Å². The monoisotopic (exact) mass is 548 g/mol. The summed E-state index contributed by atoms with van der Waals surface area (Å²) in [6.45, 7) is 12.0. The van der Waals surface area contributed by atoms with E-state index in [9.17, 15) is 20.4 Å². The molecule has 5 aliphatic rings. The predicted molar refractivity (Wildman–Crippen MR) is 152 cm³/mol. The highest BCUT2D eigenvalue weighted by molar-refractivity contribution is 5.25. The highest BCUT2D eigenvalue weighted by atomic mass is 16.7. The average Bonchev–Trinajstić information content (AvgIpc) is 3.26. The Morgan fingerprint density at radius 2 is 1.72 bits per heavy atom. The van der Waals surface area contributed by atoms with Gasteiger partial charge in [-0.15, -0.1) is 0 Å². The summed E-state index contributed by atoms with van der Waals surface area (Å²) >= 11 is 0. The molecule has 1 aliphatic heterocycles. The molecule has 39 heavy (non-hydrogen) atoms. The van der Waals surface area contributed by atoms with Gasteiger partial charge in [0.05, 0.1) is 12.7 Å². The molecule has 1 saturated heterocycles. The molecular weight excluding hydrogens is 492 g/mol. The second-order valence-corrected chi connectivity index (χ2v) is 15.0. The SMILES string of the molecule is CC(C)CCC[C@@H](C)C1CCC2C3CC=C4CC(O[C@@H]5O[C@H](CO)[C@@H](O)[C@H](O)[C@H]5O)CC[C@]4(C)C3CC[C@@]21C. The summed E-state index contributed by atoms with van der Waals surface area (Å²) in [6.07, 6.45) is 9.98. The second-order valence-electron chi connectivity index (χ2n) is 15.0. The molecule has 6 nitrogen and oxygen atoms in total. The van der Waals surface area contributed by atoms with E-state index in [1.165, 1.54) is 56.9 Å². The fourth-order valence-electron chi connectivity index (χ4n) is 10.1. The third kappa shape index (κ3) is 5.41. The average molecular weight is 549 g/mol. The summed E-state index contributed by atoms with van der Waals surface area (Å²) in [7, 11) is 0. The molecule has 0 spiro atoms. The summed E-state index contributed by atoms with van der Waals surface area (Å²) in [5, 5.41) is 40.3. The quantitative estimate of drug-likeness (QED) is 0.311. The van der Waals surface area contributed by atoms with Gasteiger partial charge in [0.15, 0.2) is 6.29 Å². The summed E-state index contributed by atoms with van der Waals surface area (Å²) < 4.78 is 11.9. The summed E-state index contributed by atoms with van der Waals surface area (Å²) in [6, 6.07) is 0. The highest BCUT2D eigenvalue weighted by Gasteiger charge is 2.59. The minimum atomic E-state index is -1.39. The van der Waals surface area contributed by atoms with Crippen molar-refractivity contribution in [1.82, 2.24) is 0 Å². The Labute approximate surface area is 236 Å². The van der Waals surface area contributed by atoms with Crippen LogP contribution in [0.1, 0.15) is 105 Å². The van der Waals surface area contributed by atoms with Crippen LogP contribution in [0.15, 0.2) is 11.6 Å². The Hall–Kier alpha value is -0.500. The molecule has 0 radical (unpaired) electrons. The highest BCUT2D eigenvalue weighted by Crippen LogP contribution is 2.67. The lowest BCUT2D eigenvalue weighted by Crippen LogP contribution is -2.60. The largest absolute Gasteiger partial charge is 0.394 e. The lowest BCUT2D eigenvalue weighted by molar-refractivity contribution is -0.313. The smallest absolute Gasteiger partial charge is 0.186 e. The summed E-state index contributed by atoms with van der Waals surface area (Å²) in [5.41, 5.74) is 2.20. The van der Waals surface area contributed by atoms with Crippen LogP contribution < -0.4 is 0 Å². The topological polar surface area (TPSA) is 99.4 Å². The van der Waals surface area contributed by atoms with Crippen molar-refractivity contribution >= 4 is 0 Å². The minimum Gasteiger partial charge on any atom is -0.394 e. The minimum absolute atomic E-state index is 0.0984. The number of ether oxygens (including phenoxy) is 2. The second kappa shape index (κ2) is 11.6. The number of rotatable bonds is 8. The van der Waals surface area contributed by atoms with E-state index in [2.05, 4.69) is 40.7 Å². The maximum atomic E-state index is 10.5. The van der Waals surface area contributed by atoms with E-state index in [-0.39, 0.29) is 11.5 Å². The van der Waals surface area contributed by atoms with E-state index in [1.807, 2.05) is 0 Å². The van der Waals surface area contributed by atoms with Crippen molar-refractivity contribution in [2.75, 3.05) is 6.61 Å². The van der Waals surface area contributed by atoms with Crippen LogP contribution in [0, 0.1) is 46.3 Å². The van der Waals surface area contributed by atoms with Gasteiger partial charge in [-0.3, -0.25) is 0 Å². The molecule has 5 rings (SSSR count). The number of aliphatic hydroxyl groups is 4. The van der Waals surface area contributed by atoms with E-state index >= 15 is 0 Å². The third-order valence-corrected chi connectivity index (χ3v) is 12.4. The first kappa shape index (κ1) is 30.0. The molecule has 6 heteroatoms. The maximum Gasteiger partial charge on any atom is 0.186 e. The van der Waals surface area contributed by atoms with Crippen LogP contribution in [0.5, 0.6) is 0 Å². The molecule has 4 aliphatic carbocycles. The number of hydrogen-bond acceptors (Lipinski definition) is 6. The van der Waals surface area contributed by atoms with Crippen LogP contribution >= 0.6 is 0 Å². The normalized spacial score (nSPS) is 48.7. The van der Waals surface area contributed by atoms with Crippen molar-refractivity contribution in [1.29, 1.82) is 0 Å². The number of allylic oxidation sites excluding steroid dienone is 1. The van der Waals surface area contributed by atoms with Gasteiger partial charge < -0.3 is 29.9 Å². The number of hydrogen-bond donors (Lipinski definition) is 4. The lowest BCUT2D eigenvalue weighted by atomic mass is 9.47. The molecule has 0 aromatic rings. The maximum absolute atomic E-state index is 10.5. The zero-order valence-electron chi connectivity index (χ0n) is 25.1. The molecule has 4 N–H and O–H groups in total. The van der Waals surface area contributed by atoms with E-state index in [4.69, 9.17) is 9.47 Å². The van der Waals surface area contributed by atoms with Crippen LogP contribution in [0.4, 0.5) is 0 Å². The van der Waals surface area contributed by atoms with Crippen LogP contribution in [-0.2, 0) is 9.47 Å². The Kier molecular flexibility index (Phi) is 8.95. The van der Waals surface area contributed by atoms with Crippen molar-refractivity contribution in [3.05, 3.63) is 11.6 Å². The Bertz CT molecular complexity index is 872. The zero-order chi connectivity index (χ0) is 28.1. The van der Waals surface area contributed by atoms with Gasteiger partial charge in [0.2, 0.25) is 0 Å². The van der Waals surface area contributed by atoms with Crippen LogP contribution in [0.25, 0.3) is 0 Å². The van der Waals surface area contributed by atoms with Crippen LogP contribution in [0.2, 0.25) is 0 Å². The van der Waals surface area contributed by atoms with E-state index in [0.29, 0.717) is 5.41 Å². The van der Waals surface area contributed by atoms with Crippen molar-refractivity contribution in [3.8, 4) is 0 Å². The summed E-state index contributed by atoms with van der Waals surface area (Å²) in [4.78, 5) is 0. The molecule has 4 fully saturated rings. The fourth-order valence-corrected chi connectivity index (χ4v) is 10.1. The fraction of sp³-hybridized carbons (Fsp3) is 0.939. The molecule has 224 valence electrons. The molecular formula is C33H56O6. The Morgan fingerprint density at radius 1 is 0.949 bits per heavy atom. The molecule has 5 unspecified atom stereocenters. The van der Waals surface area contributed by atoms with Gasteiger partial charge in [0.25, 0.3) is 0 Å². The first-order valence-electron chi connectivity index (χ1n) is 16.1. The summed E-state index contributed by atoms with van der Waals surface area (Å²) in [5.74, 6) is 4.87. The van der Waals surface area contributed by atoms with Crippen molar-refractivity contribution in [3.63, 3.8) is 0 Å². The third-order valence-electron chi connectivity index (χ3n) is 12.4. The van der Waals surface area contributed by atoms with Gasteiger partial charge >= 0.3 is 0 Å². The van der Waals surface area contributed by atoms with Crippen molar-refractivity contribution in [2.24, 2.45) is 46.3 Å². The molecule has 0 amide bonds. The van der Waals surface area contributed by atoms with Gasteiger partial charge in [-0.25, -0.2) is 0 Å². The molecule has 0 bridgehead atoms. The molecule has 3 saturated carbocycles. The van der Waals surface area contributed by atoms with Gasteiger partial charge in [-0.1, -0.05) is 65.5 Å². The van der Waals surface area contributed by atoms with Gasteiger partial charge in [-0.05, 0) is 97.7 Å². The Balaban J connectivity index is 1.24. The number of fused-ring (bicyclic) bond motifs is 5. The standard InChI is InChI=1S/C33H56O6/c1-19(2)7-6-8-20(3)24-11-12-25-23-10-9-21-17-22(13-15-32(21,4)26(23)14-16-33(24,25)5)38-31-30(37)29(36)28(35)27(18-34)39-31/h9,19-20,22-31,34-37H,6-8,10-18H2,1-5H3/t20-,22?,23?,24?,25?,26?,27-,28-,29+,30-,31-,32+,33-/m1/s1. The number of aliphatic hydroxyl groups excluding tert-OH is 4. The van der Waals surface area contributed by atoms with Crippen molar-refractivity contribution < 1.29 is 29.9 Å². The van der Waals surface area contributed by atoms with Crippen LogP contribution in [0.3, 0.4) is 0 Å². The predicted octanol–water partition coefficient (Wildman–Crippen LogP) is 5.21. The zero-order valence-corrected chi connectivity index (χ0v) is 25.1. The molecule has 1 heterocycles. The molecule has 0 aromatic heterocycles. The first-order valence-corrected chi connectivity index (χ1v) is 16.1. The van der Waals surface area contributed by atoms with Gasteiger partial charge in [0, 0.05) is 0 Å². The van der Waals surface area contributed by atoms with Gasteiger partial charge in [0.1, 0.15) is 24.4 Å². The molecule has 0 aromatic carbocycles. The van der Waals surface area contributed by atoms with Crippen LogP contribution in [-0.4, -0.2) is 63.8 Å². The van der Waals surface area contributed by atoms with Crippen molar-refractivity contribution in [2.45, 2.75) is 142 Å².